The summed E-state index contributed by atoms with van der Waals surface area (Å²) in [7, 11) is 3.53. The Labute approximate surface area is 130 Å². The van der Waals surface area contributed by atoms with Gasteiger partial charge in [0.05, 0.1) is 18.8 Å². The maximum absolute atomic E-state index is 12.4. The normalized spacial score (nSPS) is 28.5. The van der Waals surface area contributed by atoms with Crippen LogP contribution >= 0.6 is 0 Å². The molecule has 2 fully saturated rings. The third-order valence-corrected chi connectivity index (χ3v) is 4.55. The lowest BCUT2D eigenvalue weighted by Gasteiger charge is -2.32. The molecule has 7 heteroatoms. The summed E-state index contributed by atoms with van der Waals surface area (Å²) in [6.45, 7) is 3.14. The summed E-state index contributed by atoms with van der Waals surface area (Å²) in [5.41, 5.74) is 0. The summed E-state index contributed by atoms with van der Waals surface area (Å²) in [6.07, 6.45) is 5.66. The average molecular weight is 308 g/mol. The fourth-order valence-corrected chi connectivity index (χ4v) is 3.46. The average Bonchev–Trinajstić information content (AvgIpc) is 3.10. The van der Waals surface area contributed by atoms with Gasteiger partial charge in [-0.05, 0) is 12.8 Å². The number of carbonyl (C=O) groups excluding carboxylic acids is 1. The molecule has 0 aromatic carbocycles. The molecular weight excluding hydrogens is 284 g/mol. The Kier molecular flexibility index (Phi) is 4.75. The maximum Gasteiger partial charge on any atom is 0.287 e. The number of aryl methyl sites for hydroxylation is 1. The van der Waals surface area contributed by atoms with E-state index in [2.05, 4.69) is 15.2 Å². The van der Waals surface area contributed by atoms with E-state index in [1.165, 1.54) is 0 Å². The Morgan fingerprint density at radius 2 is 2.45 bits per heavy atom. The van der Waals surface area contributed by atoms with Crippen molar-refractivity contribution in [3.05, 3.63) is 18.2 Å². The molecule has 3 rings (SSSR count). The minimum atomic E-state index is -0.140. The molecule has 22 heavy (non-hydrogen) atoms. The van der Waals surface area contributed by atoms with Gasteiger partial charge in [-0.15, -0.1) is 0 Å². The zero-order chi connectivity index (χ0) is 15.5. The molecule has 2 saturated heterocycles. The molecule has 122 valence electrons. The Bertz CT molecular complexity index is 519. The molecule has 1 aromatic rings. The molecule has 1 aromatic heterocycles. The summed E-state index contributed by atoms with van der Waals surface area (Å²) in [5, 5.41) is 3.10. The van der Waals surface area contributed by atoms with Crippen LogP contribution in [0, 0.1) is 0 Å². The first-order valence-electron chi connectivity index (χ1n) is 7.83. The van der Waals surface area contributed by atoms with Crippen LogP contribution in [-0.2, 0) is 16.5 Å². The molecular formula is C15H24N4O3. The highest BCUT2D eigenvalue weighted by Gasteiger charge is 2.44. The summed E-state index contributed by atoms with van der Waals surface area (Å²) >= 11 is 0. The Morgan fingerprint density at radius 3 is 3.18 bits per heavy atom. The molecule has 2 aliphatic rings. The van der Waals surface area contributed by atoms with E-state index in [9.17, 15) is 4.79 Å². The summed E-state index contributed by atoms with van der Waals surface area (Å²) in [6, 6.07) is 0.377. The first kappa shape index (κ1) is 15.5. The second kappa shape index (κ2) is 6.76. The van der Waals surface area contributed by atoms with E-state index >= 15 is 0 Å². The monoisotopic (exact) mass is 308 g/mol. The van der Waals surface area contributed by atoms with Crippen LogP contribution in [-0.4, -0.2) is 72.0 Å². The quantitative estimate of drug-likeness (QED) is 0.831. The number of carbonyl (C=O) groups is 1. The van der Waals surface area contributed by atoms with Gasteiger partial charge in [-0.3, -0.25) is 9.69 Å². The van der Waals surface area contributed by atoms with Gasteiger partial charge >= 0.3 is 0 Å². The van der Waals surface area contributed by atoms with E-state index in [0.717, 1.165) is 32.5 Å². The number of ether oxygens (including phenoxy) is 2. The molecule has 1 amide bonds. The van der Waals surface area contributed by atoms with Crippen LogP contribution in [0.1, 0.15) is 23.5 Å². The van der Waals surface area contributed by atoms with Gasteiger partial charge in [-0.25, -0.2) is 4.98 Å². The van der Waals surface area contributed by atoms with Crippen LogP contribution in [0.2, 0.25) is 0 Å². The van der Waals surface area contributed by atoms with Gasteiger partial charge in [0.1, 0.15) is 0 Å². The third kappa shape index (κ3) is 3.02. The molecule has 0 unspecified atom stereocenters. The minimum absolute atomic E-state index is 0.00589. The fourth-order valence-electron chi connectivity index (χ4n) is 3.46. The number of imidazole rings is 1. The Hall–Kier alpha value is -1.44. The molecule has 3 atom stereocenters. The number of methoxy groups -OCH3 is 1. The SMILES string of the molecule is COCCN1C[C@@H](NC(=O)c2nccn2C)[C@H]2OCCC[C@H]21. The summed E-state index contributed by atoms with van der Waals surface area (Å²) in [4.78, 5) is 18.9. The zero-order valence-corrected chi connectivity index (χ0v) is 13.2. The van der Waals surface area contributed by atoms with E-state index in [4.69, 9.17) is 9.47 Å². The number of hydrogen-bond acceptors (Lipinski definition) is 5. The van der Waals surface area contributed by atoms with E-state index < -0.39 is 0 Å². The molecule has 0 radical (unpaired) electrons. The molecule has 0 bridgehead atoms. The van der Waals surface area contributed by atoms with E-state index in [-0.39, 0.29) is 18.1 Å². The van der Waals surface area contributed by atoms with Gasteiger partial charge in [0, 0.05) is 52.3 Å². The highest BCUT2D eigenvalue weighted by Crippen LogP contribution is 2.28. The standard InChI is InChI=1S/C15H24N4O3/c1-18-6-5-16-14(18)15(20)17-11-10-19(7-9-21-2)12-4-3-8-22-13(11)12/h5-6,11-13H,3-4,7-10H2,1-2H3,(H,17,20)/t11-,12-,13-/m1/s1. The molecule has 3 heterocycles. The van der Waals surface area contributed by atoms with E-state index in [1.807, 2.05) is 7.05 Å². The van der Waals surface area contributed by atoms with Crippen molar-refractivity contribution in [1.29, 1.82) is 0 Å². The molecule has 0 saturated carbocycles. The van der Waals surface area contributed by atoms with Gasteiger partial charge in [-0.2, -0.15) is 0 Å². The topological polar surface area (TPSA) is 68.6 Å². The van der Waals surface area contributed by atoms with E-state index in [1.54, 1.807) is 24.1 Å². The van der Waals surface area contributed by atoms with Crippen molar-refractivity contribution in [2.24, 2.45) is 7.05 Å². The number of amides is 1. The van der Waals surface area contributed by atoms with Crippen molar-refractivity contribution in [1.82, 2.24) is 19.8 Å². The lowest BCUT2D eigenvalue weighted by atomic mass is 10.0. The van der Waals surface area contributed by atoms with Crippen molar-refractivity contribution in [2.45, 2.75) is 31.0 Å². The van der Waals surface area contributed by atoms with Crippen molar-refractivity contribution in [3.63, 3.8) is 0 Å². The molecule has 0 spiro atoms. The first-order chi connectivity index (χ1) is 10.7. The number of likely N-dealkylation sites (tertiary alicyclic amines) is 1. The number of fused-ring (bicyclic) bond motifs is 1. The van der Waals surface area contributed by atoms with Gasteiger partial charge in [-0.1, -0.05) is 0 Å². The van der Waals surface area contributed by atoms with Gasteiger partial charge in [0.25, 0.3) is 5.91 Å². The Morgan fingerprint density at radius 1 is 1.59 bits per heavy atom. The van der Waals surface area contributed by atoms with Crippen molar-refractivity contribution in [2.75, 3.05) is 33.4 Å². The highest BCUT2D eigenvalue weighted by atomic mass is 16.5. The minimum Gasteiger partial charge on any atom is -0.383 e. The Balaban J connectivity index is 1.67. The molecule has 1 N–H and O–H groups in total. The maximum atomic E-state index is 12.4. The zero-order valence-electron chi connectivity index (χ0n) is 13.2. The smallest absolute Gasteiger partial charge is 0.287 e. The van der Waals surface area contributed by atoms with Crippen molar-refractivity contribution >= 4 is 5.91 Å². The van der Waals surface area contributed by atoms with Gasteiger partial charge in [0.15, 0.2) is 5.82 Å². The summed E-state index contributed by atoms with van der Waals surface area (Å²) < 4.78 is 12.9. The van der Waals surface area contributed by atoms with Crippen molar-refractivity contribution in [3.8, 4) is 0 Å². The number of nitrogens with zero attached hydrogens (tertiary/aromatic N) is 3. The predicted octanol–water partition coefficient (Wildman–Crippen LogP) is 0.0281. The molecule has 7 nitrogen and oxygen atoms in total. The summed E-state index contributed by atoms with van der Waals surface area (Å²) in [5.74, 6) is 0.293. The van der Waals surface area contributed by atoms with Crippen LogP contribution in [0.15, 0.2) is 12.4 Å². The van der Waals surface area contributed by atoms with Gasteiger partial charge in [0.2, 0.25) is 0 Å². The van der Waals surface area contributed by atoms with Crippen LogP contribution < -0.4 is 5.32 Å². The van der Waals surface area contributed by atoms with Gasteiger partial charge < -0.3 is 19.4 Å². The van der Waals surface area contributed by atoms with Crippen LogP contribution in [0.25, 0.3) is 0 Å². The highest BCUT2D eigenvalue weighted by molar-refractivity contribution is 5.91. The second-order valence-corrected chi connectivity index (χ2v) is 5.97. The molecule has 0 aliphatic carbocycles. The molecule has 2 aliphatic heterocycles. The van der Waals surface area contributed by atoms with E-state index in [0.29, 0.717) is 18.5 Å². The predicted molar refractivity (Wildman–Crippen MR) is 80.7 cm³/mol. The first-order valence-corrected chi connectivity index (χ1v) is 7.83. The van der Waals surface area contributed by atoms with Crippen LogP contribution in [0.4, 0.5) is 0 Å². The lowest BCUT2D eigenvalue weighted by molar-refractivity contribution is -0.0225. The number of hydrogen-bond donors (Lipinski definition) is 1. The van der Waals surface area contributed by atoms with Crippen LogP contribution in [0.5, 0.6) is 0 Å². The largest absolute Gasteiger partial charge is 0.383 e. The number of aromatic nitrogens is 2. The second-order valence-electron chi connectivity index (χ2n) is 5.97. The third-order valence-electron chi connectivity index (χ3n) is 4.55. The van der Waals surface area contributed by atoms with Crippen LogP contribution in [0.3, 0.4) is 0 Å². The fraction of sp³-hybridized carbons (Fsp3) is 0.733. The van der Waals surface area contributed by atoms with Crippen molar-refractivity contribution < 1.29 is 14.3 Å². The number of nitrogens with one attached hydrogen (secondary N) is 1. The number of rotatable bonds is 5. The lowest BCUT2D eigenvalue weighted by Crippen LogP contribution is -2.48.